The molecule has 2 aliphatic rings. The number of sulfonamides is 1. The van der Waals surface area contributed by atoms with Crippen LogP contribution in [0, 0.1) is 0 Å². The Morgan fingerprint density at radius 1 is 1.11 bits per heavy atom. The van der Waals surface area contributed by atoms with Crippen molar-refractivity contribution >= 4 is 28.3 Å². The first-order chi connectivity index (χ1) is 12.5. The first-order valence-electron chi connectivity index (χ1n) is 9.55. The molecule has 2 saturated heterocycles. The fourth-order valence-electron chi connectivity index (χ4n) is 3.91. The summed E-state index contributed by atoms with van der Waals surface area (Å²) in [5, 5.41) is 3.16. The third-order valence-corrected chi connectivity index (χ3v) is 7.30. The van der Waals surface area contributed by atoms with Gasteiger partial charge in [0, 0.05) is 38.6 Å². The first-order valence-corrected chi connectivity index (χ1v) is 11.0. The summed E-state index contributed by atoms with van der Waals surface area (Å²) < 4.78 is 26.6. The fraction of sp³-hybridized carbons (Fsp3) is 0.632. The third kappa shape index (κ3) is 5.22. The van der Waals surface area contributed by atoms with Gasteiger partial charge in [0.2, 0.25) is 15.9 Å². The summed E-state index contributed by atoms with van der Waals surface area (Å²) in [6, 6.07) is 7.33. The summed E-state index contributed by atoms with van der Waals surface area (Å²) in [7, 11) is -1.45. The lowest BCUT2D eigenvalue weighted by atomic mass is 10.1. The largest absolute Gasteiger partial charge is 0.338 e. The minimum atomic E-state index is -3.36. The van der Waals surface area contributed by atoms with Crippen LogP contribution in [-0.4, -0.2) is 62.8 Å². The van der Waals surface area contributed by atoms with E-state index < -0.39 is 10.0 Å². The highest BCUT2D eigenvalue weighted by Crippen LogP contribution is 2.22. The number of likely N-dealkylation sites (N-methyl/N-ethyl adjacent to an activating group) is 1. The van der Waals surface area contributed by atoms with Gasteiger partial charge in [-0.2, -0.15) is 4.31 Å². The molecule has 6 nitrogen and oxygen atoms in total. The SMILES string of the molecule is CNCC1CCCN1C(=O)CCc1ccc(S(=O)(=O)N2CCCC2)cc1.Cl. The Morgan fingerprint density at radius 2 is 1.78 bits per heavy atom. The number of amides is 1. The summed E-state index contributed by atoms with van der Waals surface area (Å²) in [6.07, 6.45) is 5.12. The Bertz CT molecular complexity index is 718. The molecule has 0 radical (unpaired) electrons. The second-order valence-electron chi connectivity index (χ2n) is 7.20. The van der Waals surface area contributed by atoms with Crippen LogP contribution >= 0.6 is 12.4 Å². The molecule has 0 aromatic heterocycles. The number of hydrogen-bond acceptors (Lipinski definition) is 4. The van der Waals surface area contributed by atoms with Crippen molar-refractivity contribution in [3.63, 3.8) is 0 Å². The molecule has 0 spiro atoms. The predicted octanol–water partition coefficient (Wildman–Crippen LogP) is 2.04. The standard InChI is InChI=1S/C19H29N3O3S.ClH/c1-20-15-17-5-4-14-22(17)19(23)11-8-16-6-9-18(10-7-16)26(24,25)21-12-2-3-13-21;/h6-7,9-10,17,20H,2-5,8,11-15H2,1H3;1H. The van der Waals surface area contributed by atoms with Gasteiger partial charge in [0.25, 0.3) is 0 Å². The number of rotatable bonds is 7. The molecule has 8 heteroatoms. The molecule has 2 heterocycles. The van der Waals surface area contributed by atoms with Crippen molar-refractivity contribution in [3.05, 3.63) is 29.8 Å². The van der Waals surface area contributed by atoms with Crippen LogP contribution in [0.3, 0.4) is 0 Å². The van der Waals surface area contributed by atoms with E-state index in [-0.39, 0.29) is 18.3 Å². The number of aryl methyl sites for hydroxylation is 1. The molecule has 3 rings (SSSR count). The Balaban J connectivity index is 0.00000261. The molecule has 0 saturated carbocycles. The number of benzene rings is 1. The van der Waals surface area contributed by atoms with E-state index in [1.807, 2.05) is 24.1 Å². The number of halogens is 1. The maximum absolute atomic E-state index is 12.5. The average molecular weight is 416 g/mol. The summed E-state index contributed by atoms with van der Waals surface area (Å²) in [4.78, 5) is 14.8. The molecule has 2 aliphatic heterocycles. The van der Waals surface area contributed by atoms with Gasteiger partial charge in [-0.25, -0.2) is 8.42 Å². The lowest BCUT2D eigenvalue weighted by Crippen LogP contribution is -2.40. The van der Waals surface area contributed by atoms with Gasteiger partial charge in [-0.05, 0) is 56.8 Å². The van der Waals surface area contributed by atoms with Crippen LogP contribution in [0.2, 0.25) is 0 Å². The topological polar surface area (TPSA) is 69.7 Å². The van der Waals surface area contributed by atoms with Crippen LogP contribution in [0.1, 0.15) is 37.7 Å². The van der Waals surface area contributed by atoms with Crippen molar-refractivity contribution < 1.29 is 13.2 Å². The fourth-order valence-corrected chi connectivity index (χ4v) is 5.43. The lowest BCUT2D eigenvalue weighted by Gasteiger charge is -2.24. The van der Waals surface area contributed by atoms with Gasteiger partial charge in [-0.1, -0.05) is 12.1 Å². The Hall–Kier alpha value is -1.15. The summed E-state index contributed by atoms with van der Waals surface area (Å²) in [6.45, 7) is 2.91. The van der Waals surface area contributed by atoms with Crippen molar-refractivity contribution in [3.8, 4) is 0 Å². The molecule has 2 fully saturated rings. The number of nitrogens with one attached hydrogen (secondary N) is 1. The highest BCUT2D eigenvalue weighted by Gasteiger charge is 2.28. The van der Waals surface area contributed by atoms with Gasteiger partial charge in [0.1, 0.15) is 0 Å². The van der Waals surface area contributed by atoms with E-state index in [1.165, 1.54) is 0 Å². The Labute approximate surface area is 168 Å². The number of likely N-dealkylation sites (tertiary alicyclic amines) is 1. The average Bonchev–Trinajstić information content (AvgIpc) is 3.32. The van der Waals surface area contributed by atoms with E-state index in [2.05, 4.69) is 5.32 Å². The first kappa shape index (κ1) is 22.1. The molecular weight excluding hydrogens is 386 g/mol. The third-order valence-electron chi connectivity index (χ3n) is 5.39. The number of carbonyl (C=O) groups excluding carboxylic acids is 1. The molecule has 1 aromatic rings. The van der Waals surface area contributed by atoms with Crippen LogP contribution in [0.25, 0.3) is 0 Å². The molecule has 152 valence electrons. The Morgan fingerprint density at radius 3 is 2.41 bits per heavy atom. The smallest absolute Gasteiger partial charge is 0.243 e. The van der Waals surface area contributed by atoms with Crippen LogP contribution in [-0.2, 0) is 21.2 Å². The highest BCUT2D eigenvalue weighted by atomic mass is 35.5. The molecular formula is C19H30ClN3O3S. The number of carbonyl (C=O) groups is 1. The predicted molar refractivity (Wildman–Crippen MR) is 109 cm³/mol. The van der Waals surface area contributed by atoms with Gasteiger partial charge < -0.3 is 10.2 Å². The highest BCUT2D eigenvalue weighted by molar-refractivity contribution is 7.89. The van der Waals surface area contributed by atoms with Crippen LogP contribution < -0.4 is 5.32 Å². The zero-order valence-electron chi connectivity index (χ0n) is 15.9. The van der Waals surface area contributed by atoms with Gasteiger partial charge in [-0.15, -0.1) is 12.4 Å². The maximum atomic E-state index is 12.5. The van der Waals surface area contributed by atoms with E-state index in [0.717, 1.165) is 44.3 Å². The van der Waals surface area contributed by atoms with Crippen molar-refractivity contribution in [2.24, 2.45) is 0 Å². The summed E-state index contributed by atoms with van der Waals surface area (Å²) >= 11 is 0. The van der Waals surface area contributed by atoms with E-state index in [0.29, 0.717) is 36.9 Å². The minimum absolute atomic E-state index is 0. The molecule has 1 aromatic carbocycles. The Kier molecular flexibility index (Phi) is 8.09. The second-order valence-corrected chi connectivity index (χ2v) is 9.13. The lowest BCUT2D eigenvalue weighted by molar-refractivity contribution is -0.131. The molecule has 0 aliphatic carbocycles. The summed E-state index contributed by atoms with van der Waals surface area (Å²) in [5.41, 5.74) is 1.00. The van der Waals surface area contributed by atoms with Gasteiger partial charge in [0.05, 0.1) is 4.90 Å². The molecule has 0 bridgehead atoms. The van der Waals surface area contributed by atoms with Crippen molar-refractivity contribution in [2.45, 2.75) is 49.5 Å². The van der Waals surface area contributed by atoms with Crippen LogP contribution in [0.5, 0.6) is 0 Å². The number of nitrogens with zero attached hydrogens (tertiary/aromatic N) is 2. The van der Waals surface area contributed by atoms with Crippen LogP contribution in [0.4, 0.5) is 0 Å². The van der Waals surface area contributed by atoms with E-state index in [9.17, 15) is 13.2 Å². The molecule has 1 amide bonds. The quantitative estimate of drug-likeness (QED) is 0.739. The molecule has 1 atom stereocenters. The van der Waals surface area contributed by atoms with E-state index in [4.69, 9.17) is 0 Å². The maximum Gasteiger partial charge on any atom is 0.243 e. The van der Waals surface area contributed by atoms with Crippen molar-refractivity contribution in [1.29, 1.82) is 0 Å². The number of hydrogen-bond donors (Lipinski definition) is 1. The van der Waals surface area contributed by atoms with Crippen LogP contribution in [0.15, 0.2) is 29.2 Å². The molecule has 1 N–H and O–H groups in total. The van der Waals surface area contributed by atoms with Gasteiger partial charge in [0.15, 0.2) is 0 Å². The zero-order valence-corrected chi connectivity index (χ0v) is 17.5. The van der Waals surface area contributed by atoms with E-state index in [1.54, 1.807) is 16.4 Å². The second kappa shape index (κ2) is 9.87. The van der Waals surface area contributed by atoms with Gasteiger partial charge in [-0.3, -0.25) is 4.79 Å². The monoisotopic (exact) mass is 415 g/mol. The van der Waals surface area contributed by atoms with Gasteiger partial charge >= 0.3 is 0 Å². The van der Waals surface area contributed by atoms with Crippen molar-refractivity contribution in [1.82, 2.24) is 14.5 Å². The van der Waals surface area contributed by atoms with E-state index >= 15 is 0 Å². The summed E-state index contributed by atoms with van der Waals surface area (Å²) in [5.74, 6) is 0.191. The minimum Gasteiger partial charge on any atom is -0.338 e. The zero-order chi connectivity index (χ0) is 18.6. The molecule has 27 heavy (non-hydrogen) atoms. The van der Waals surface area contributed by atoms with Crippen molar-refractivity contribution in [2.75, 3.05) is 33.2 Å². The normalized spacial score (nSPS) is 20.6. The molecule has 1 unspecified atom stereocenters.